The Morgan fingerprint density at radius 2 is 1.68 bits per heavy atom. The van der Waals surface area contributed by atoms with Crippen LogP contribution in [-0.2, 0) is 14.6 Å². The molecule has 0 radical (unpaired) electrons. The van der Waals surface area contributed by atoms with E-state index in [0.717, 1.165) is 5.56 Å². The van der Waals surface area contributed by atoms with E-state index in [9.17, 15) is 13.2 Å². The minimum atomic E-state index is -4.22. The largest absolute Gasteiger partial charge is 0.297 e. The first-order chi connectivity index (χ1) is 11.8. The summed E-state index contributed by atoms with van der Waals surface area (Å²) < 4.78 is 25.3. The number of halogens is 2. The number of hydrogen-bond acceptors (Lipinski definition) is 6. The fourth-order valence-corrected chi connectivity index (χ4v) is 3.33. The highest BCUT2D eigenvalue weighted by Crippen LogP contribution is 2.21. The molecule has 0 fully saturated rings. The van der Waals surface area contributed by atoms with Crippen molar-refractivity contribution in [2.75, 3.05) is 5.43 Å². The first-order valence-electron chi connectivity index (χ1n) is 6.87. The molecule has 0 saturated heterocycles. The van der Waals surface area contributed by atoms with Crippen molar-refractivity contribution in [1.29, 1.82) is 0 Å². The average molecular weight is 401 g/mol. The van der Waals surface area contributed by atoms with Gasteiger partial charge in [0, 0.05) is 10.0 Å². The standard InChI is InChI=1S/C15H14Cl2N4O3S/c1-9-2-3-11(17)8-13(9)20-21-15(14(22)19-18)25(23,24)12-6-4-10(16)5-7-12/h2-8,20H,18H2,1H3,(H,19,22)/b21-15-. The van der Waals surface area contributed by atoms with Crippen molar-refractivity contribution in [2.24, 2.45) is 10.9 Å². The van der Waals surface area contributed by atoms with Crippen LogP contribution < -0.4 is 16.7 Å². The van der Waals surface area contributed by atoms with Gasteiger partial charge in [-0.1, -0.05) is 29.3 Å². The molecule has 2 aromatic carbocycles. The number of carbonyl (C=O) groups excluding carboxylic acids is 1. The van der Waals surface area contributed by atoms with Gasteiger partial charge in [0.15, 0.2) is 0 Å². The quantitative estimate of drug-likeness (QED) is 0.240. The second kappa shape index (κ2) is 7.83. The normalized spacial score (nSPS) is 11.9. The van der Waals surface area contributed by atoms with Crippen LogP contribution in [0.4, 0.5) is 5.69 Å². The maximum atomic E-state index is 12.7. The van der Waals surface area contributed by atoms with Crippen molar-refractivity contribution in [3.05, 3.63) is 58.1 Å². The highest BCUT2D eigenvalue weighted by Gasteiger charge is 2.29. The van der Waals surface area contributed by atoms with Gasteiger partial charge in [-0.15, -0.1) is 0 Å². The molecule has 0 atom stereocenters. The van der Waals surface area contributed by atoms with Crippen molar-refractivity contribution >= 4 is 49.7 Å². The number of benzene rings is 2. The lowest BCUT2D eigenvalue weighted by molar-refractivity contribution is -0.114. The van der Waals surface area contributed by atoms with Crippen molar-refractivity contribution in [3.8, 4) is 0 Å². The lowest BCUT2D eigenvalue weighted by Gasteiger charge is -2.09. The van der Waals surface area contributed by atoms with Crippen LogP contribution in [0.15, 0.2) is 52.5 Å². The molecule has 1 amide bonds. The number of rotatable bonds is 3. The molecule has 0 spiro atoms. The number of amides is 1. The van der Waals surface area contributed by atoms with Gasteiger partial charge in [0.2, 0.25) is 14.9 Å². The van der Waals surface area contributed by atoms with Gasteiger partial charge in [-0.05, 0) is 48.9 Å². The summed E-state index contributed by atoms with van der Waals surface area (Å²) in [5, 5.41) is 3.72. The van der Waals surface area contributed by atoms with E-state index in [1.807, 2.05) is 0 Å². The number of hydrogen-bond donors (Lipinski definition) is 3. The van der Waals surface area contributed by atoms with Crippen LogP contribution in [-0.4, -0.2) is 19.4 Å². The minimum absolute atomic E-state index is 0.149. The van der Waals surface area contributed by atoms with E-state index in [2.05, 4.69) is 10.5 Å². The van der Waals surface area contributed by atoms with Crippen LogP contribution in [0.2, 0.25) is 10.0 Å². The number of hydrazone groups is 1. The summed E-state index contributed by atoms with van der Waals surface area (Å²) in [6.45, 7) is 1.77. The number of nitrogens with one attached hydrogen (secondary N) is 2. The monoisotopic (exact) mass is 400 g/mol. The van der Waals surface area contributed by atoms with Gasteiger partial charge < -0.3 is 0 Å². The van der Waals surface area contributed by atoms with Crippen LogP contribution >= 0.6 is 23.2 Å². The second-order valence-electron chi connectivity index (χ2n) is 4.92. The van der Waals surface area contributed by atoms with Crippen molar-refractivity contribution in [3.63, 3.8) is 0 Å². The molecule has 2 aromatic rings. The summed E-state index contributed by atoms with van der Waals surface area (Å²) in [6, 6.07) is 10.2. The molecule has 7 nitrogen and oxygen atoms in total. The van der Waals surface area contributed by atoms with Gasteiger partial charge in [-0.2, -0.15) is 5.10 Å². The molecule has 2 rings (SSSR count). The number of nitrogens with zero attached hydrogens (tertiary/aromatic N) is 1. The molecule has 0 aliphatic carbocycles. The molecule has 25 heavy (non-hydrogen) atoms. The molecule has 0 aromatic heterocycles. The maximum Gasteiger partial charge on any atom is 0.297 e. The molecular formula is C15H14Cl2N4O3S. The van der Waals surface area contributed by atoms with Crippen LogP contribution in [0.25, 0.3) is 0 Å². The van der Waals surface area contributed by atoms with E-state index in [1.165, 1.54) is 24.3 Å². The summed E-state index contributed by atoms with van der Waals surface area (Å²) in [7, 11) is -4.22. The van der Waals surface area contributed by atoms with E-state index in [-0.39, 0.29) is 4.90 Å². The summed E-state index contributed by atoms with van der Waals surface area (Å²) in [6.07, 6.45) is 0. The van der Waals surface area contributed by atoms with Crippen LogP contribution in [0, 0.1) is 6.92 Å². The predicted octanol–water partition coefficient (Wildman–Crippen LogP) is 2.49. The van der Waals surface area contributed by atoms with Crippen LogP contribution in [0.3, 0.4) is 0 Å². The maximum absolute atomic E-state index is 12.7. The Balaban J connectivity index is 2.47. The second-order valence-corrected chi connectivity index (χ2v) is 7.66. The Labute approximate surface area is 154 Å². The van der Waals surface area contributed by atoms with Gasteiger partial charge in [0.1, 0.15) is 0 Å². The number of sulfone groups is 1. The van der Waals surface area contributed by atoms with Gasteiger partial charge in [-0.3, -0.25) is 15.6 Å². The SMILES string of the molecule is Cc1ccc(Cl)cc1N/N=C(/C(=O)NN)S(=O)(=O)c1ccc(Cl)cc1. The number of anilines is 1. The Bertz CT molecular complexity index is 928. The van der Waals surface area contributed by atoms with Crippen molar-refractivity contribution in [2.45, 2.75) is 11.8 Å². The zero-order chi connectivity index (χ0) is 18.6. The molecule has 0 aliphatic heterocycles. The zero-order valence-corrected chi connectivity index (χ0v) is 15.3. The zero-order valence-electron chi connectivity index (χ0n) is 13.0. The van der Waals surface area contributed by atoms with E-state index in [4.69, 9.17) is 29.0 Å². The third-order valence-electron chi connectivity index (χ3n) is 3.18. The molecular weight excluding hydrogens is 387 g/mol. The van der Waals surface area contributed by atoms with Crippen molar-refractivity contribution < 1.29 is 13.2 Å². The fourth-order valence-electron chi connectivity index (χ4n) is 1.85. The minimum Gasteiger partial charge on any atom is -0.288 e. The fraction of sp³-hybridized carbons (Fsp3) is 0.0667. The Morgan fingerprint density at radius 3 is 2.28 bits per heavy atom. The molecule has 0 saturated carbocycles. The van der Waals surface area contributed by atoms with E-state index in [0.29, 0.717) is 15.7 Å². The molecule has 0 heterocycles. The first kappa shape index (κ1) is 19.2. The molecule has 4 N–H and O–H groups in total. The third kappa shape index (κ3) is 4.49. The lowest BCUT2D eigenvalue weighted by Crippen LogP contribution is -2.40. The van der Waals surface area contributed by atoms with Crippen LogP contribution in [0.5, 0.6) is 0 Å². The summed E-state index contributed by atoms with van der Waals surface area (Å²) in [5.41, 5.74) is 5.51. The first-order valence-corrected chi connectivity index (χ1v) is 9.11. The van der Waals surface area contributed by atoms with Crippen LogP contribution in [0.1, 0.15) is 5.56 Å². The molecule has 132 valence electrons. The molecule has 10 heteroatoms. The summed E-state index contributed by atoms with van der Waals surface area (Å²) in [5.74, 6) is 4.01. The highest BCUT2D eigenvalue weighted by molar-refractivity contribution is 8.08. The van der Waals surface area contributed by atoms with Gasteiger partial charge in [0.05, 0.1) is 10.6 Å². The van der Waals surface area contributed by atoms with Gasteiger partial charge >= 0.3 is 0 Å². The molecule has 0 aliphatic rings. The number of hydrazine groups is 1. The molecule has 0 bridgehead atoms. The van der Waals surface area contributed by atoms with Crippen molar-refractivity contribution in [1.82, 2.24) is 5.43 Å². The van der Waals surface area contributed by atoms with E-state index in [1.54, 1.807) is 30.5 Å². The van der Waals surface area contributed by atoms with E-state index < -0.39 is 20.8 Å². The Morgan fingerprint density at radius 1 is 1.08 bits per heavy atom. The third-order valence-corrected chi connectivity index (χ3v) is 5.35. The lowest BCUT2D eigenvalue weighted by atomic mass is 10.2. The highest BCUT2D eigenvalue weighted by atomic mass is 35.5. The topological polar surface area (TPSA) is 114 Å². The van der Waals surface area contributed by atoms with Gasteiger partial charge in [0.25, 0.3) is 5.91 Å². The predicted molar refractivity (Wildman–Crippen MR) is 98.2 cm³/mol. The Kier molecular flexibility index (Phi) is 6.02. The molecule has 0 unspecified atom stereocenters. The average Bonchev–Trinajstić information content (AvgIpc) is 2.58. The smallest absolute Gasteiger partial charge is 0.288 e. The number of aryl methyl sites for hydroxylation is 1. The number of nitrogens with two attached hydrogens (primary N) is 1. The van der Waals surface area contributed by atoms with Gasteiger partial charge in [-0.25, -0.2) is 14.3 Å². The Hall–Kier alpha value is -2.13. The summed E-state index contributed by atoms with van der Waals surface area (Å²) >= 11 is 11.7. The van der Waals surface area contributed by atoms with E-state index >= 15 is 0 Å². The number of carbonyl (C=O) groups is 1. The summed E-state index contributed by atoms with van der Waals surface area (Å²) in [4.78, 5) is 11.8.